The molecule has 0 bridgehead atoms. The van der Waals surface area contributed by atoms with E-state index in [2.05, 4.69) is 11.2 Å². The topological polar surface area (TPSA) is 92.8 Å². The number of ether oxygens (including phenoxy) is 1. The lowest BCUT2D eigenvalue weighted by Crippen LogP contribution is -2.29. The molecule has 2 rings (SSSR count). The number of carbonyl (C=O) groups is 2. The minimum Gasteiger partial charge on any atom is -0.452 e. The van der Waals surface area contributed by atoms with E-state index < -0.39 is 28.5 Å². The molecule has 7 nitrogen and oxygen atoms in total. The Morgan fingerprint density at radius 1 is 1.18 bits per heavy atom. The highest BCUT2D eigenvalue weighted by molar-refractivity contribution is 7.92. The van der Waals surface area contributed by atoms with E-state index in [1.807, 2.05) is 6.92 Å². The number of hydrogen-bond donors (Lipinski definition) is 1. The van der Waals surface area contributed by atoms with Crippen LogP contribution in [-0.2, 0) is 19.6 Å². The molecule has 1 N–H and O–H groups in total. The Hall–Kier alpha value is -3.31. The summed E-state index contributed by atoms with van der Waals surface area (Å²) in [4.78, 5) is 23.5. The standard InChI is InChI=1S/C20H20N2O5S/c1-4-12-21-19(23)14-27-20(24)16-6-5-7-18(13-16)28(25,26)22(3)17-10-8-15(2)9-11-17/h1,5-11,13H,12,14H2,2-3H3,(H,21,23). The van der Waals surface area contributed by atoms with Crippen molar-refractivity contribution in [3.63, 3.8) is 0 Å². The van der Waals surface area contributed by atoms with E-state index in [1.165, 1.54) is 31.3 Å². The van der Waals surface area contributed by atoms with Crippen molar-refractivity contribution in [2.75, 3.05) is 24.5 Å². The highest BCUT2D eigenvalue weighted by Crippen LogP contribution is 2.23. The number of benzene rings is 2. The molecule has 2 aromatic rings. The van der Waals surface area contributed by atoms with E-state index in [4.69, 9.17) is 11.2 Å². The normalized spacial score (nSPS) is 10.6. The van der Waals surface area contributed by atoms with Gasteiger partial charge in [0.2, 0.25) is 0 Å². The van der Waals surface area contributed by atoms with E-state index in [9.17, 15) is 18.0 Å². The number of rotatable bonds is 7. The number of carbonyl (C=O) groups excluding carboxylic acids is 2. The van der Waals surface area contributed by atoms with E-state index in [1.54, 1.807) is 24.3 Å². The number of nitrogens with zero attached hydrogens (tertiary/aromatic N) is 1. The molecule has 0 aromatic heterocycles. The maximum absolute atomic E-state index is 12.9. The number of esters is 1. The molecule has 0 saturated heterocycles. The number of nitrogens with one attached hydrogen (secondary N) is 1. The maximum Gasteiger partial charge on any atom is 0.338 e. The quantitative estimate of drug-likeness (QED) is 0.564. The minimum atomic E-state index is -3.88. The van der Waals surface area contributed by atoms with Crippen LogP contribution >= 0.6 is 0 Å². The van der Waals surface area contributed by atoms with Gasteiger partial charge in [-0.15, -0.1) is 6.42 Å². The van der Waals surface area contributed by atoms with Crippen LogP contribution in [0.1, 0.15) is 15.9 Å². The summed E-state index contributed by atoms with van der Waals surface area (Å²) in [7, 11) is -2.45. The van der Waals surface area contributed by atoms with Crippen molar-refractivity contribution in [1.29, 1.82) is 0 Å². The lowest BCUT2D eigenvalue weighted by molar-refractivity contribution is -0.123. The average molecular weight is 400 g/mol. The predicted molar refractivity (Wildman–Crippen MR) is 105 cm³/mol. The van der Waals surface area contributed by atoms with Crippen molar-refractivity contribution >= 4 is 27.6 Å². The van der Waals surface area contributed by atoms with Crippen LogP contribution in [0.3, 0.4) is 0 Å². The number of amides is 1. The third kappa shape index (κ3) is 5.11. The first kappa shape index (κ1) is 21.0. The molecule has 0 aliphatic rings. The highest BCUT2D eigenvalue weighted by atomic mass is 32.2. The maximum atomic E-state index is 12.9. The summed E-state index contributed by atoms with van der Waals surface area (Å²) in [5.74, 6) is 0.864. The zero-order valence-electron chi connectivity index (χ0n) is 15.5. The molecule has 0 unspecified atom stereocenters. The minimum absolute atomic E-state index is 0.0168. The smallest absolute Gasteiger partial charge is 0.338 e. The third-order valence-corrected chi connectivity index (χ3v) is 5.63. The van der Waals surface area contributed by atoms with Crippen LogP contribution in [-0.4, -0.2) is 40.5 Å². The number of terminal acetylenes is 1. The second kappa shape index (κ2) is 9.06. The van der Waals surface area contributed by atoms with Gasteiger partial charge in [-0.1, -0.05) is 29.7 Å². The molecular weight excluding hydrogens is 380 g/mol. The number of hydrogen-bond acceptors (Lipinski definition) is 5. The van der Waals surface area contributed by atoms with Crippen LogP contribution in [0, 0.1) is 19.3 Å². The molecule has 2 aromatic carbocycles. The summed E-state index contributed by atoms with van der Waals surface area (Å²) in [6.07, 6.45) is 5.02. The monoisotopic (exact) mass is 400 g/mol. The molecule has 28 heavy (non-hydrogen) atoms. The summed E-state index contributed by atoms with van der Waals surface area (Å²) in [5.41, 5.74) is 1.51. The highest BCUT2D eigenvalue weighted by Gasteiger charge is 2.23. The van der Waals surface area contributed by atoms with Crippen LogP contribution in [0.15, 0.2) is 53.4 Å². The number of anilines is 1. The van der Waals surface area contributed by atoms with Crippen LogP contribution in [0.25, 0.3) is 0 Å². The number of sulfonamides is 1. The van der Waals surface area contributed by atoms with Gasteiger partial charge in [0.25, 0.3) is 15.9 Å². The molecule has 8 heteroatoms. The van der Waals surface area contributed by atoms with Crippen LogP contribution in [0.4, 0.5) is 5.69 Å². The van der Waals surface area contributed by atoms with Gasteiger partial charge in [0.05, 0.1) is 22.7 Å². The zero-order valence-corrected chi connectivity index (χ0v) is 16.3. The average Bonchev–Trinajstić information content (AvgIpc) is 2.70. The largest absolute Gasteiger partial charge is 0.452 e. The summed E-state index contributed by atoms with van der Waals surface area (Å²) in [6, 6.07) is 12.4. The van der Waals surface area contributed by atoms with E-state index in [-0.39, 0.29) is 17.0 Å². The summed E-state index contributed by atoms with van der Waals surface area (Å²) < 4.78 is 31.7. The SMILES string of the molecule is C#CCNC(=O)COC(=O)c1cccc(S(=O)(=O)N(C)c2ccc(C)cc2)c1. The Labute approximate surface area is 164 Å². The van der Waals surface area contributed by atoms with E-state index >= 15 is 0 Å². The molecule has 0 radical (unpaired) electrons. The molecule has 1 amide bonds. The Kier molecular flexibility index (Phi) is 6.79. The molecule has 146 valence electrons. The van der Waals surface area contributed by atoms with Gasteiger partial charge < -0.3 is 10.1 Å². The zero-order chi connectivity index (χ0) is 20.7. The molecule has 0 fully saturated rings. The molecule has 0 atom stereocenters. The fourth-order valence-corrected chi connectivity index (χ4v) is 3.49. The Bertz CT molecular complexity index is 1010. The third-order valence-electron chi connectivity index (χ3n) is 3.85. The first-order chi connectivity index (χ1) is 13.3. The van der Waals surface area contributed by atoms with Crippen molar-refractivity contribution < 1.29 is 22.7 Å². The molecule has 0 heterocycles. The molecule has 0 aliphatic heterocycles. The molecular formula is C20H20N2O5S. The first-order valence-electron chi connectivity index (χ1n) is 8.28. The second-order valence-electron chi connectivity index (χ2n) is 5.89. The summed E-state index contributed by atoms with van der Waals surface area (Å²) in [6.45, 7) is 1.41. The van der Waals surface area contributed by atoms with E-state index in [0.717, 1.165) is 9.87 Å². The van der Waals surface area contributed by atoms with Crippen LogP contribution in [0.5, 0.6) is 0 Å². The molecule has 0 saturated carbocycles. The lowest BCUT2D eigenvalue weighted by Gasteiger charge is -2.20. The fraction of sp³-hybridized carbons (Fsp3) is 0.200. The predicted octanol–water partition coefficient (Wildman–Crippen LogP) is 1.73. The summed E-state index contributed by atoms with van der Waals surface area (Å²) >= 11 is 0. The van der Waals surface area contributed by atoms with Crippen molar-refractivity contribution in [2.24, 2.45) is 0 Å². The second-order valence-corrected chi connectivity index (χ2v) is 7.86. The van der Waals surface area contributed by atoms with Gasteiger partial charge in [0, 0.05) is 7.05 Å². The van der Waals surface area contributed by atoms with Gasteiger partial charge in [-0.2, -0.15) is 0 Å². The number of aryl methyl sites for hydroxylation is 1. The molecule has 0 aliphatic carbocycles. The van der Waals surface area contributed by atoms with Crippen molar-refractivity contribution in [2.45, 2.75) is 11.8 Å². The van der Waals surface area contributed by atoms with Gasteiger partial charge in [-0.05, 0) is 37.3 Å². The van der Waals surface area contributed by atoms with E-state index in [0.29, 0.717) is 5.69 Å². The van der Waals surface area contributed by atoms with Crippen LogP contribution < -0.4 is 9.62 Å². The van der Waals surface area contributed by atoms with Gasteiger partial charge in [0.15, 0.2) is 6.61 Å². The Balaban J connectivity index is 2.17. The van der Waals surface area contributed by atoms with Gasteiger partial charge in [-0.3, -0.25) is 9.10 Å². The van der Waals surface area contributed by atoms with Gasteiger partial charge >= 0.3 is 5.97 Å². The Morgan fingerprint density at radius 3 is 2.50 bits per heavy atom. The van der Waals surface area contributed by atoms with Crippen molar-refractivity contribution in [3.05, 3.63) is 59.7 Å². The first-order valence-corrected chi connectivity index (χ1v) is 9.72. The van der Waals surface area contributed by atoms with Gasteiger partial charge in [0.1, 0.15) is 0 Å². The Morgan fingerprint density at radius 2 is 1.86 bits per heavy atom. The van der Waals surface area contributed by atoms with Crippen molar-refractivity contribution in [1.82, 2.24) is 5.32 Å². The lowest BCUT2D eigenvalue weighted by atomic mass is 10.2. The summed E-state index contributed by atoms with van der Waals surface area (Å²) in [5, 5.41) is 2.36. The fourth-order valence-electron chi connectivity index (χ4n) is 2.25. The van der Waals surface area contributed by atoms with Crippen molar-refractivity contribution in [3.8, 4) is 12.3 Å². The van der Waals surface area contributed by atoms with Crippen LogP contribution in [0.2, 0.25) is 0 Å². The van der Waals surface area contributed by atoms with Gasteiger partial charge in [-0.25, -0.2) is 13.2 Å². The molecule has 0 spiro atoms.